The molecule has 0 aromatic heterocycles. The molecule has 0 atom stereocenters. The molecule has 4 N–H and O–H groups in total. The van der Waals surface area contributed by atoms with Gasteiger partial charge in [-0.1, -0.05) is 13.8 Å². The van der Waals surface area contributed by atoms with E-state index in [1.807, 2.05) is 4.90 Å². The molecule has 0 unspecified atom stereocenters. The summed E-state index contributed by atoms with van der Waals surface area (Å²) in [6.07, 6.45) is 2.07. The number of hydrogen-bond donors (Lipinski definition) is 2. The minimum atomic E-state index is 0.0923. The molecule has 0 rings (SSSR count). The molecule has 5 heteroatoms. The smallest absolute Gasteiger partial charge is 0.198 e. The molecule has 0 aromatic rings. The van der Waals surface area contributed by atoms with Crippen LogP contribution in [-0.4, -0.2) is 29.1 Å². The van der Waals surface area contributed by atoms with Crippen molar-refractivity contribution < 1.29 is 0 Å². The highest BCUT2D eigenvalue weighted by atomic mass is 32.1. The van der Waals surface area contributed by atoms with Crippen LogP contribution in [0.25, 0.3) is 0 Å². The summed E-state index contributed by atoms with van der Waals surface area (Å²) in [6.45, 7) is 5.98. The van der Waals surface area contributed by atoms with Gasteiger partial charge in [-0.2, -0.15) is 4.99 Å². The number of nitrogens with zero attached hydrogens (tertiary/aromatic N) is 2. The van der Waals surface area contributed by atoms with Crippen LogP contribution in [0.4, 0.5) is 0 Å². The molecule has 13 heavy (non-hydrogen) atoms. The molecule has 76 valence electrons. The van der Waals surface area contributed by atoms with Gasteiger partial charge in [0, 0.05) is 13.1 Å². The third-order valence-corrected chi connectivity index (χ3v) is 1.63. The van der Waals surface area contributed by atoms with E-state index in [1.165, 1.54) is 0 Å². The second kappa shape index (κ2) is 6.65. The van der Waals surface area contributed by atoms with E-state index < -0.39 is 0 Å². The van der Waals surface area contributed by atoms with Gasteiger partial charge in [-0.15, -0.1) is 0 Å². The van der Waals surface area contributed by atoms with E-state index in [4.69, 9.17) is 11.5 Å². The van der Waals surface area contributed by atoms with Gasteiger partial charge in [-0.05, 0) is 25.1 Å². The van der Waals surface area contributed by atoms with E-state index in [0.29, 0.717) is 5.96 Å². The molecule has 0 aliphatic carbocycles. The molecule has 0 amide bonds. The lowest BCUT2D eigenvalue weighted by Crippen LogP contribution is -2.39. The van der Waals surface area contributed by atoms with Crippen molar-refractivity contribution in [2.75, 3.05) is 13.1 Å². The zero-order valence-corrected chi connectivity index (χ0v) is 9.10. The predicted molar refractivity (Wildman–Crippen MR) is 60.6 cm³/mol. The second-order valence-corrected chi connectivity index (χ2v) is 3.21. The van der Waals surface area contributed by atoms with Gasteiger partial charge in [0.1, 0.15) is 0 Å². The van der Waals surface area contributed by atoms with Crippen LogP contribution in [0.15, 0.2) is 4.99 Å². The van der Waals surface area contributed by atoms with Crippen LogP contribution in [0.1, 0.15) is 26.7 Å². The summed E-state index contributed by atoms with van der Waals surface area (Å²) in [5, 5.41) is 0.0923. The molecular weight excluding hydrogens is 184 g/mol. The van der Waals surface area contributed by atoms with Crippen LogP contribution in [0.2, 0.25) is 0 Å². The first kappa shape index (κ1) is 12.2. The average molecular weight is 202 g/mol. The summed E-state index contributed by atoms with van der Waals surface area (Å²) in [4.78, 5) is 5.83. The minimum Gasteiger partial charge on any atom is -0.374 e. The Morgan fingerprint density at radius 3 is 2.00 bits per heavy atom. The van der Waals surface area contributed by atoms with Gasteiger partial charge in [-0.3, -0.25) is 0 Å². The van der Waals surface area contributed by atoms with Crippen molar-refractivity contribution in [3.63, 3.8) is 0 Å². The average Bonchev–Trinajstić information content (AvgIpc) is 2.02. The number of rotatable bonds is 4. The zero-order valence-electron chi connectivity index (χ0n) is 8.29. The maximum Gasteiger partial charge on any atom is 0.198 e. The maximum atomic E-state index is 5.70. The van der Waals surface area contributed by atoms with E-state index in [-0.39, 0.29) is 5.11 Å². The first-order valence-corrected chi connectivity index (χ1v) is 4.91. The molecule has 0 heterocycles. The fourth-order valence-corrected chi connectivity index (χ4v) is 1.16. The molecular formula is C8H18N4S. The fourth-order valence-electron chi connectivity index (χ4n) is 1.06. The normalized spacial score (nSPS) is 11.4. The zero-order chi connectivity index (χ0) is 10.3. The highest BCUT2D eigenvalue weighted by Gasteiger charge is 2.04. The Balaban J connectivity index is 4.25. The first-order chi connectivity index (χ1) is 6.11. The Morgan fingerprint density at radius 1 is 1.23 bits per heavy atom. The Hall–Kier alpha value is -0.840. The molecule has 0 aromatic carbocycles. The summed E-state index contributed by atoms with van der Waals surface area (Å²) in [6, 6.07) is 0. The van der Waals surface area contributed by atoms with Gasteiger partial charge in [0.25, 0.3) is 0 Å². The predicted octanol–water partition coefficient (Wildman–Crippen LogP) is 0.667. The van der Waals surface area contributed by atoms with Crippen LogP contribution in [0.5, 0.6) is 0 Å². The van der Waals surface area contributed by atoms with Crippen molar-refractivity contribution in [1.82, 2.24) is 4.90 Å². The maximum absolute atomic E-state index is 5.70. The highest BCUT2D eigenvalue weighted by Crippen LogP contribution is 1.93. The third kappa shape index (κ3) is 5.41. The molecule has 0 bridgehead atoms. The highest BCUT2D eigenvalue weighted by molar-refractivity contribution is 7.80. The third-order valence-electron chi connectivity index (χ3n) is 1.54. The number of thiocarbonyl (C=S) groups is 1. The molecule has 0 saturated carbocycles. The van der Waals surface area contributed by atoms with Crippen molar-refractivity contribution in [2.45, 2.75) is 26.7 Å². The molecule has 0 radical (unpaired) electrons. The molecule has 0 saturated heterocycles. The van der Waals surface area contributed by atoms with E-state index in [1.54, 1.807) is 0 Å². The van der Waals surface area contributed by atoms with Crippen molar-refractivity contribution in [1.29, 1.82) is 0 Å². The van der Waals surface area contributed by atoms with E-state index in [9.17, 15) is 0 Å². The van der Waals surface area contributed by atoms with Crippen LogP contribution < -0.4 is 11.5 Å². The minimum absolute atomic E-state index is 0.0923. The van der Waals surface area contributed by atoms with Crippen molar-refractivity contribution in [3.05, 3.63) is 0 Å². The van der Waals surface area contributed by atoms with E-state index in [2.05, 4.69) is 31.1 Å². The van der Waals surface area contributed by atoms with Crippen molar-refractivity contribution in [3.8, 4) is 0 Å². The largest absolute Gasteiger partial charge is 0.374 e. The van der Waals surface area contributed by atoms with Crippen LogP contribution in [0.3, 0.4) is 0 Å². The van der Waals surface area contributed by atoms with E-state index >= 15 is 0 Å². The monoisotopic (exact) mass is 202 g/mol. The standard InChI is InChI=1S/C8H18N4S/c1-3-5-12(6-4-2)7(9)11-8(10)13/h3-6H2,1-2H3,(H4,9,10,11,13). The fraction of sp³-hybridized carbons (Fsp3) is 0.750. The quantitative estimate of drug-likeness (QED) is 0.399. The van der Waals surface area contributed by atoms with Gasteiger partial charge in [-0.25, -0.2) is 0 Å². The number of aliphatic imine (C=N–C) groups is 1. The second-order valence-electron chi connectivity index (χ2n) is 2.80. The van der Waals surface area contributed by atoms with Gasteiger partial charge in [0.15, 0.2) is 11.1 Å². The van der Waals surface area contributed by atoms with Crippen molar-refractivity contribution >= 4 is 23.3 Å². The van der Waals surface area contributed by atoms with Gasteiger partial charge < -0.3 is 16.4 Å². The topological polar surface area (TPSA) is 67.6 Å². The van der Waals surface area contributed by atoms with Crippen molar-refractivity contribution in [2.24, 2.45) is 16.5 Å². The summed E-state index contributed by atoms with van der Waals surface area (Å²) >= 11 is 4.64. The van der Waals surface area contributed by atoms with Gasteiger partial charge >= 0.3 is 0 Å². The van der Waals surface area contributed by atoms with Gasteiger partial charge in [0.05, 0.1) is 0 Å². The van der Waals surface area contributed by atoms with Gasteiger partial charge in [0.2, 0.25) is 0 Å². The lowest BCUT2D eigenvalue weighted by atomic mass is 10.4. The Morgan fingerprint density at radius 2 is 1.69 bits per heavy atom. The molecule has 4 nitrogen and oxygen atoms in total. The molecule has 0 fully saturated rings. The Labute approximate surface area is 85.0 Å². The number of guanidine groups is 1. The molecule has 0 spiro atoms. The number of hydrogen-bond acceptors (Lipinski definition) is 1. The summed E-state index contributed by atoms with van der Waals surface area (Å²) < 4.78 is 0. The van der Waals surface area contributed by atoms with Crippen LogP contribution >= 0.6 is 12.2 Å². The summed E-state index contributed by atoms with van der Waals surface area (Å²) in [7, 11) is 0. The first-order valence-electron chi connectivity index (χ1n) is 4.50. The summed E-state index contributed by atoms with van der Waals surface area (Å²) in [5.74, 6) is 0.427. The Bertz CT molecular complexity index is 185. The van der Waals surface area contributed by atoms with Crippen LogP contribution in [-0.2, 0) is 0 Å². The molecule has 0 aliphatic rings. The lowest BCUT2D eigenvalue weighted by molar-refractivity contribution is 0.413. The number of nitrogens with two attached hydrogens (primary N) is 2. The molecule has 0 aliphatic heterocycles. The SMILES string of the molecule is CCCN(CCC)/C(N)=N/C(N)=S. The van der Waals surface area contributed by atoms with E-state index in [0.717, 1.165) is 25.9 Å². The lowest BCUT2D eigenvalue weighted by Gasteiger charge is -2.21. The summed E-state index contributed by atoms with van der Waals surface area (Å²) in [5.41, 5.74) is 11.0. The van der Waals surface area contributed by atoms with Crippen LogP contribution in [0, 0.1) is 0 Å². The Kier molecular flexibility index (Phi) is 6.22.